The Morgan fingerprint density at radius 3 is 2.23 bits per heavy atom. The highest BCUT2D eigenvalue weighted by Gasteiger charge is 2.17. The van der Waals surface area contributed by atoms with Crippen LogP contribution in [-0.2, 0) is 0 Å². The van der Waals surface area contributed by atoms with Crippen molar-refractivity contribution >= 4 is 60.2 Å². The van der Waals surface area contributed by atoms with Crippen LogP contribution in [0, 0.1) is 6.57 Å². The highest BCUT2D eigenvalue weighted by atomic mass is 16.3. The number of pyridine rings is 1. The fraction of sp³-hybridized carbons (Fsp3) is 0. The summed E-state index contributed by atoms with van der Waals surface area (Å²) < 4.78 is 8.61. The summed E-state index contributed by atoms with van der Waals surface area (Å²) in [5.74, 6) is 0. The van der Waals surface area contributed by atoms with Gasteiger partial charge in [-0.15, -0.1) is 0 Å². The Bertz CT molecular complexity index is 2630. The first-order chi connectivity index (χ1) is 21.7. The van der Waals surface area contributed by atoms with E-state index in [1.807, 2.05) is 42.5 Å². The minimum absolute atomic E-state index is 0.603. The molecule has 0 unspecified atom stereocenters. The molecule has 44 heavy (non-hydrogen) atoms. The molecule has 0 spiro atoms. The van der Waals surface area contributed by atoms with Crippen LogP contribution in [0.4, 0.5) is 5.69 Å². The standard InChI is InChI=1S/C40H23N3O/c1-41-28-13-8-12-27(20-28)40-30-15-3-2-10-25(30)22-35(42-40)26-11-9-14-29(21-26)43-36-18-6-4-16-31(36)33-24-39-34(23-37(33)43)32-17-5-7-19-38(32)44-39/h2-24H. The van der Waals surface area contributed by atoms with E-state index in [2.05, 4.69) is 106 Å². The van der Waals surface area contributed by atoms with Gasteiger partial charge in [0.15, 0.2) is 5.69 Å². The largest absolute Gasteiger partial charge is 0.456 e. The van der Waals surface area contributed by atoms with Crippen LogP contribution < -0.4 is 0 Å². The number of fused-ring (bicyclic) bond motifs is 7. The van der Waals surface area contributed by atoms with Gasteiger partial charge in [0.25, 0.3) is 0 Å². The third-order valence-corrected chi connectivity index (χ3v) is 8.56. The lowest BCUT2D eigenvalue weighted by molar-refractivity contribution is 0.669. The molecule has 0 fully saturated rings. The fourth-order valence-corrected chi connectivity index (χ4v) is 6.56. The van der Waals surface area contributed by atoms with Gasteiger partial charge in [0.2, 0.25) is 0 Å². The average Bonchev–Trinajstić information content (AvgIpc) is 3.61. The normalized spacial score (nSPS) is 11.6. The zero-order chi connectivity index (χ0) is 29.2. The van der Waals surface area contributed by atoms with Crippen molar-refractivity contribution in [1.29, 1.82) is 0 Å². The molecular formula is C40H23N3O. The van der Waals surface area contributed by atoms with E-state index in [1.165, 1.54) is 5.39 Å². The lowest BCUT2D eigenvalue weighted by Crippen LogP contribution is -1.96. The maximum Gasteiger partial charge on any atom is 0.187 e. The third kappa shape index (κ3) is 3.67. The number of aromatic nitrogens is 2. The van der Waals surface area contributed by atoms with E-state index in [0.717, 1.165) is 77.3 Å². The summed E-state index contributed by atoms with van der Waals surface area (Å²) in [6.07, 6.45) is 0. The van der Waals surface area contributed by atoms with Gasteiger partial charge in [0.1, 0.15) is 11.2 Å². The van der Waals surface area contributed by atoms with Crippen molar-refractivity contribution in [3.63, 3.8) is 0 Å². The first-order valence-electron chi connectivity index (χ1n) is 14.6. The predicted octanol–water partition coefficient (Wildman–Crippen LogP) is 11.1. The second-order valence-electron chi connectivity index (χ2n) is 11.1. The third-order valence-electron chi connectivity index (χ3n) is 8.56. The SMILES string of the molecule is [C-]#[N+]c1cccc(-c2nc(-c3cccc(-n4c5ccccc5c5cc6oc7ccccc7c6cc54)c3)cc3ccccc23)c1. The van der Waals surface area contributed by atoms with Crippen molar-refractivity contribution in [3.05, 3.63) is 151 Å². The van der Waals surface area contributed by atoms with Crippen LogP contribution in [0.5, 0.6) is 0 Å². The minimum atomic E-state index is 0.603. The summed E-state index contributed by atoms with van der Waals surface area (Å²) in [4.78, 5) is 8.86. The van der Waals surface area contributed by atoms with Crippen LogP contribution in [0.25, 0.3) is 87.6 Å². The Morgan fingerprint density at radius 1 is 0.545 bits per heavy atom. The van der Waals surface area contributed by atoms with E-state index in [4.69, 9.17) is 16.0 Å². The first kappa shape index (κ1) is 24.4. The van der Waals surface area contributed by atoms with Crippen LogP contribution in [0.2, 0.25) is 0 Å². The lowest BCUT2D eigenvalue weighted by Gasteiger charge is -2.13. The van der Waals surface area contributed by atoms with E-state index in [9.17, 15) is 0 Å². The molecule has 0 saturated heterocycles. The van der Waals surface area contributed by atoms with Crippen molar-refractivity contribution < 1.29 is 4.42 Å². The summed E-state index contributed by atoms with van der Waals surface area (Å²) >= 11 is 0. The number of rotatable bonds is 3. The Labute approximate surface area is 252 Å². The molecule has 0 aliphatic rings. The van der Waals surface area contributed by atoms with Crippen molar-refractivity contribution in [2.45, 2.75) is 0 Å². The van der Waals surface area contributed by atoms with Gasteiger partial charge in [0, 0.05) is 38.2 Å². The van der Waals surface area contributed by atoms with Crippen LogP contribution in [-0.4, -0.2) is 9.55 Å². The van der Waals surface area contributed by atoms with Crippen LogP contribution >= 0.6 is 0 Å². The first-order valence-corrected chi connectivity index (χ1v) is 14.6. The molecular weight excluding hydrogens is 538 g/mol. The average molecular weight is 562 g/mol. The molecule has 204 valence electrons. The molecule has 0 saturated carbocycles. The summed E-state index contributed by atoms with van der Waals surface area (Å²) in [5, 5.41) is 6.73. The predicted molar refractivity (Wildman–Crippen MR) is 180 cm³/mol. The molecule has 0 amide bonds. The van der Waals surface area contributed by atoms with Gasteiger partial charge in [-0.05, 0) is 59.5 Å². The van der Waals surface area contributed by atoms with Crippen molar-refractivity contribution in [2.24, 2.45) is 0 Å². The van der Waals surface area contributed by atoms with E-state index in [-0.39, 0.29) is 0 Å². The lowest BCUT2D eigenvalue weighted by atomic mass is 10.0. The highest BCUT2D eigenvalue weighted by Crippen LogP contribution is 2.39. The smallest absolute Gasteiger partial charge is 0.187 e. The fourth-order valence-electron chi connectivity index (χ4n) is 6.56. The molecule has 4 nitrogen and oxygen atoms in total. The van der Waals surface area contributed by atoms with E-state index < -0.39 is 0 Å². The highest BCUT2D eigenvalue weighted by molar-refractivity contribution is 6.17. The molecule has 9 rings (SSSR count). The molecule has 0 atom stereocenters. The minimum Gasteiger partial charge on any atom is -0.456 e. The number of nitrogens with zero attached hydrogens (tertiary/aromatic N) is 3. The molecule has 3 heterocycles. The van der Waals surface area contributed by atoms with Crippen molar-refractivity contribution in [3.8, 4) is 28.2 Å². The van der Waals surface area contributed by atoms with Gasteiger partial charge in [0.05, 0.1) is 29.0 Å². The Kier molecular flexibility index (Phi) is 5.23. The maximum absolute atomic E-state index is 7.52. The topological polar surface area (TPSA) is 35.3 Å². The Hall–Kier alpha value is -6.18. The summed E-state index contributed by atoms with van der Waals surface area (Å²) in [5.41, 5.74) is 9.45. The van der Waals surface area contributed by atoms with Gasteiger partial charge in [-0.1, -0.05) is 91.0 Å². The molecule has 4 heteroatoms. The second-order valence-corrected chi connectivity index (χ2v) is 11.1. The monoisotopic (exact) mass is 561 g/mol. The van der Waals surface area contributed by atoms with Gasteiger partial charge in [-0.2, -0.15) is 0 Å². The van der Waals surface area contributed by atoms with Gasteiger partial charge in [-0.25, -0.2) is 9.83 Å². The van der Waals surface area contributed by atoms with Crippen LogP contribution in [0.1, 0.15) is 0 Å². The van der Waals surface area contributed by atoms with Gasteiger partial charge >= 0.3 is 0 Å². The van der Waals surface area contributed by atoms with Crippen molar-refractivity contribution in [1.82, 2.24) is 9.55 Å². The summed E-state index contributed by atoms with van der Waals surface area (Å²) in [6.45, 7) is 7.52. The molecule has 9 aromatic rings. The van der Waals surface area contributed by atoms with Crippen LogP contribution in [0.3, 0.4) is 0 Å². The zero-order valence-corrected chi connectivity index (χ0v) is 23.5. The van der Waals surface area contributed by atoms with Gasteiger partial charge < -0.3 is 8.98 Å². The van der Waals surface area contributed by atoms with E-state index in [1.54, 1.807) is 0 Å². The number of furan rings is 1. The molecule has 0 aliphatic heterocycles. The Balaban J connectivity index is 1.28. The van der Waals surface area contributed by atoms with Gasteiger partial charge in [-0.3, -0.25) is 0 Å². The Morgan fingerprint density at radius 2 is 1.32 bits per heavy atom. The second kappa shape index (κ2) is 9.42. The van der Waals surface area contributed by atoms with Crippen LogP contribution in [0.15, 0.2) is 144 Å². The molecule has 0 bridgehead atoms. The maximum atomic E-state index is 7.52. The molecule has 3 aromatic heterocycles. The number of para-hydroxylation sites is 2. The zero-order valence-electron chi connectivity index (χ0n) is 23.5. The van der Waals surface area contributed by atoms with Crippen molar-refractivity contribution in [2.75, 3.05) is 0 Å². The summed E-state index contributed by atoms with van der Waals surface area (Å²) in [6, 6.07) is 48.0. The molecule has 6 aromatic carbocycles. The molecule has 0 N–H and O–H groups in total. The summed E-state index contributed by atoms with van der Waals surface area (Å²) in [7, 11) is 0. The number of benzene rings is 6. The number of hydrogen-bond donors (Lipinski definition) is 0. The van der Waals surface area contributed by atoms with E-state index in [0.29, 0.717) is 5.69 Å². The quantitative estimate of drug-likeness (QED) is 0.201. The number of hydrogen-bond acceptors (Lipinski definition) is 2. The molecule has 0 radical (unpaired) electrons. The molecule has 0 aliphatic carbocycles. The van der Waals surface area contributed by atoms with E-state index >= 15 is 0 Å².